The van der Waals surface area contributed by atoms with Gasteiger partial charge in [0.05, 0.1) is 6.10 Å². The van der Waals surface area contributed by atoms with E-state index in [0.29, 0.717) is 48.1 Å². The van der Waals surface area contributed by atoms with Crippen LogP contribution < -0.4 is 10.2 Å². The minimum Gasteiger partial charge on any atom is -0.392 e. The van der Waals surface area contributed by atoms with Gasteiger partial charge in [-0.15, -0.1) is 11.8 Å². The average molecular weight is 454 g/mol. The summed E-state index contributed by atoms with van der Waals surface area (Å²) >= 11 is 1.67. The largest absolute Gasteiger partial charge is 0.392 e. The zero-order valence-corrected chi connectivity index (χ0v) is 19.5. The molecule has 166 valence electrons. The quantitative estimate of drug-likeness (QED) is 0.403. The number of nitrogens with zero attached hydrogens (tertiary/aromatic N) is 6. The van der Waals surface area contributed by atoms with E-state index in [1.54, 1.807) is 25.0 Å². The predicted molar refractivity (Wildman–Crippen MR) is 124 cm³/mol. The van der Waals surface area contributed by atoms with Crippen molar-refractivity contribution in [2.45, 2.75) is 31.9 Å². The molecule has 2 N–H and O–H groups in total. The van der Waals surface area contributed by atoms with Gasteiger partial charge in [0, 0.05) is 54.2 Å². The van der Waals surface area contributed by atoms with Crippen molar-refractivity contribution in [2.75, 3.05) is 66.7 Å². The van der Waals surface area contributed by atoms with Gasteiger partial charge in [-0.3, -0.25) is 4.21 Å². The fraction of sp³-hybridized carbons (Fsp3) is 0.684. The second-order valence-corrected chi connectivity index (χ2v) is 9.97. The van der Waals surface area contributed by atoms with Crippen LogP contribution in [0.2, 0.25) is 0 Å². The van der Waals surface area contributed by atoms with Gasteiger partial charge in [0.25, 0.3) is 0 Å². The van der Waals surface area contributed by atoms with Crippen LogP contribution in [0.1, 0.15) is 20.8 Å². The fourth-order valence-corrected chi connectivity index (χ4v) is 5.21. The molecule has 2 aromatic heterocycles. The summed E-state index contributed by atoms with van der Waals surface area (Å²) < 4.78 is 11.8. The van der Waals surface area contributed by atoms with Crippen LogP contribution in [-0.4, -0.2) is 96.8 Å². The lowest BCUT2D eigenvalue weighted by molar-refractivity contribution is 0.208. The van der Waals surface area contributed by atoms with Gasteiger partial charge < -0.3 is 20.2 Å². The lowest BCUT2D eigenvalue weighted by Gasteiger charge is -2.28. The van der Waals surface area contributed by atoms with E-state index in [-0.39, 0.29) is 0 Å². The first kappa shape index (κ1) is 23.1. The number of fused-ring (bicyclic) bond motifs is 1. The fourth-order valence-electron chi connectivity index (χ4n) is 3.22. The summed E-state index contributed by atoms with van der Waals surface area (Å²) in [5.74, 6) is 3.34. The molecule has 30 heavy (non-hydrogen) atoms. The van der Waals surface area contributed by atoms with Gasteiger partial charge >= 0.3 is 0 Å². The number of aliphatic hydroxyl groups excluding tert-OH is 1. The third kappa shape index (κ3) is 5.99. The van der Waals surface area contributed by atoms with E-state index < -0.39 is 16.9 Å². The van der Waals surface area contributed by atoms with Crippen LogP contribution >= 0.6 is 11.8 Å². The second-order valence-electron chi connectivity index (χ2n) is 7.19. The molecule has 0 radical (unpaired) electrons. The first-order chi connectivity index (χ1) is 14.5. The van der Waals surface area contributed by atoms with Crippen LogP contribution in [0.5, 0.6) is 0 Å². The van der Waals surface area contributed by atoms with Crippen LogP contribution in [0.4, 0.5) is 11.8 Å². The predicted octanol–water partition coefficient (Wildman–Crippen LogP) is 1.22. The molecular formula is C19H31N7O2S2. The summed E-state index contributed by atoms with van der Waals surface area (Å²) in [5, 5.41) is 13.6. The van der Waals surface area contributed by atoms with Gasteiger partial charge in [-0.1, -0.05) is 13.8 Å². The summed E-state index contributed by atoms with van der Waals surface area (Å²) in [5.41, 5.74) is 1.43. The van der Waals surface area contributed by atoms with E-state index in [1.807, 2.05) is 0 Å². The zero-order chi connectivity index (χ0) is 21.5. The second kappa shape index (κ2) is 11.2. The Morgan fingerprint density at radius 3 is 2.63 bits per heavy atom. The first-order valence-electron chi connectivity index (χ1n) is 10.4. The molecule has 0 amide bonds. The topological polar surface area (TPSA) is 107 Å². The van der Waals surface area contributed by atoms with Crippen molar-refractivity contribution >= 4 is 45.4 Å². The highest BCUT2D eigenvalue weighted by atomic mass is 32.2. The summed E-state index contributed by atoms with van der Waals surface area (Å²) in [4.78, 5) is 22.8. The van der Waals surface area contributed by atoms with E-state index in [4.69, 9.17) is 0 Å². The molecule has 2 aromatic rings. The molecule has 0 aromatic carbocycles. The number of nitrogens with one attached hydrogen (secondary N) is 1. The maximum absolute atomic E-state index is 11.8. The number of rotatable bonds is 10. The molecule has 1 unspecified atom stereocenters. The van der Waals surface area contributed by atoms with Crippen LogP contribution in [0.25, 0.3) is 11.0 Å². The molecule has 0 spiro atoms. The van der Waals surface area contributed by atoms with Gasteiger partial charge in [0.2, 0.25) is 5.95 Å². The summed E-state index contributed by atoms with van der Waals surface area (Å²) in [6.07, 6.45) is 1.06. The molecule has 3 heterocycles. The average Bonchev–Trinajstić information content (AvgIpc) is 2.75. The molecular weight excluding hydrogens is 422 g/mol. The Hall–Kier alpha value is -1.56. The van der Waals surface area contributed by atoms with Crippen LogP contribution in [-0.2, 0) is 10.8 Å². The Morgan fingerprint density at radius 2 is 1.97 bits per heavy atom. The van der Waals surface area contributed by atoms with Crippen molar-refractivity contribution in [3.63, 3.8) is 0 Å². The first-order valence-corrected chi connectivity index (χ1v) is 12.9. The number of aromatic nitrogens is 4. The summed E-state index contributed by atoms with van der Waals surface area (Å²) in [6, 6.07) is 0. The molecule has 1 fully saturated rings. The maximum Gasteiger partial charge on any atom is 0.225 e. The van der Waals surface area contributed by atoms with E-state index in [0.717, 1.165) is 36.2 Å². The monoisotopic (exact) mass is 453 g/mol. The number of anilines is 2. The molecule has 1 atom stereocenters. The summed E-state index contributed by atoms with van der Waals surface area (Å²) in [7, 11) is -0.774. The number of hydrogen-bond donors (Lipinski definition) is 2. The van der Waals surface area contributed by atoms with Crippen LogP contribution in [0.3, 0.4) is 0 Å². The lowest BCUT2D eigenvalue weighted by atomic mass is 10.3. The van der Waals surface area contributed by atoms with Crippen molar-refractivity contribution in [3.8, 4) is 0 Å². The van der Waals surface area contributed by atoms with Crippen LogP contribution in [0, 0.1) is 0 Å². The van der Waals surface area contributed by atoms with Crippen LogP contribution in [0.15, 0.2) is 11.4 Å². The Bertz CT molecular complexity index is 854. The standard InChI is InChI=1S/C19H31N7O2S2/c1-4-25(5-2)6-9-29-18-16-15(21-13-22-18)17(26-7-10-30(28)11-8-26)24-19(23-16)20-12-14(3)27/h13-14,27H,4-12H2,1-3H3,(H,20,23,24). The Morgan fingerprint density at radius 1 is 1.23 bits per heavy atom. The molecule has 9 nitrogen and oxygen atoms in total. The molecule has 0 bridgehead atoms. The molecule has 3 rings (SSSR count). The normalized spacial score (nSPS) is 16.4. The molecule has 11 heteroatoms. The highest BCUT2D eigenvalue weighted by Crippen LogP contribution is 2.30. The van der Waals surface area contributed by atoms with Crippen molar-refractivity contribution in [1.29, 1.82) is 0 Å². The SMILES string of the molecule is CCN(CC)CCSc1ncnc2c(N3CCS(=O)CC3)nc(NCC(C)O)nc12. The van der Waals surface area contributed by atoms with Gasteiger partial charge in [0.1, 0.15) is 22.4 Å². The maximum atomic E-state index is 11.8. The highest BCUT2D eigenvalue weighted by molar-refractivity contribution is 7.99. The van der Waals surface area contributed by atoms with Gasteiger partial charge in [-0.05, 0) is 20.0 Å². The van der Waals surface area contributed by atoms with E-state index >= 15 is 0 Å². The highest BCUT2D eigenvalue weighted by Gasteiger charge is 2.22. The van der Waals surface area contributed by atoms with Crippen molar-refractivity contribution in [2.24, 2.45) is 0 Å². The molecule has 1 aliphatic heterocycles. The Labute approximate surface area is 184 Å². The van der Waals surface area contributed by atoms with Gasteiger partial charge in [-0.2, -0.15) is 4.98 Å². The molecule has 1 saturated heterocycles. The molecule has 0 aliphatic carbocycles. The number of hydrogen-bond acceptors (Lipinski definition) is 10. The smallest absolute Gasteiger partial charge is 0.225 e. The minimum absolute atomic E-state index is 0.354. The van der Waals surface area contributed by atoms with Crippen molar-refractivity contribution in [3.05, 3.63) is 6.33 Å². The third-order valence-electron chi connectivity index (χ3n) is 5.00. The molecule has 0 saturated carbocycles. The minimum atomic E-state index is -0.774. The zero-order valence-electron chi connectivity index (χ0n) is 17.9. The van der Waals surface area contributed by atoms with Gasteiger partial charge in [0.15, 0.2) is 5.82 Å². The van der Waals surface area contributed by atoms with Crippen molar-refractivity contribution in [1.82, 2.24) is 24.8 Å². The van der Waals surface area contributed by atoms with Crippen molar-refractivity contribution < 1.29 is 9.32 Å². The summed E-state index contributed by atoms with van der Waals surface area (Å²) in [6.45, 7) is 10.8. The lowest BCUT2D eigenvalue weighted by Crippen LogP contribution is -2.38. The van der Waals surface area contributed by atoms with Gasteiger partial charge in [-0.25, -0.2) is 15.0 Å². The van der Waals surface area contributed by atoms with E-state index in [2.05, 4.69) is 48.9 Å². The number of thioether (sulfide) groups is 1. The van der Waals surface area contributed by atoms with E-state index in [1.165, 1.54) is 0 Å². The third-order valence-corrected chi connectivity index (χ3v) is 7.24. The van der Waals surface area contributed by atoms with E-state index in [9.17, 15) is 9.32 Å². The number of aliphatic hydroxyl groups is 1. The Balaban J connectivity index is 1.92. The molecule has 1 aliphatic rings. The Kier molecular flexibility index (Phi) is 8.61.